The van der Waals surface area contributed by atoms with Crippen LogP contribution in [0, 0.1) is 12.8 Å². The number of amides is 1. The van der Waals surface area contributed by atoms with Gasteiger partial charge in [0.25, 0.3) is 0 Å². The number of benzene rings is 2. The van der Waals surface area contributed by atoms with Gasteiger partial charge < -0.3 is 24.3 Å². The third-order valence-electron chi connectivity index (χ3n) is 6.68. The van der Waals surface area contributed by atoms with Gasteiger partial charge in [0.15, 0.2) is 0 Å². The summed E-state index contributed by atoms with van der Waals surface area (Å²) >= 11 is 0. The normalized spacial score (nSPS) is 19.8. The standard InChI is InChI=1S/C26H29N3O3/c1-18-5-8-20(9-6-18)28-11-12-29-24-15-21(31-2)10-7-19(24)14-23(25(29)17-28)26(30)27-16-22-4-3-13-32-22/h3-10,13,15,23,25H,11-12,14,16-17H2,1-2H3,(H,27,30)/t23-,25+/m1/s1. The average molecular weight is 432 g/mol. The van der Waals surface area contributed by atoms with Crippen molar-refractivity contribution in [3.63, 3.8) is 0 Å². The van der Waals surface area contributed by atoms with E-state index in [0.717, 1.165) is 31.1 Å². The molecule has 0 aliphatic carbocycles. The number of methoxy groups -OCH3 is 1. The molecule has 3 aromatic rings. The predicted molar refractivity (Wildman–Crippen MR) is 125 cm³/mol. The summed E-state index contributed by atoms with van der Waals surface area (Å²) < 4.78 is 10.9. The highest BCUT2D eigenvalue weighted by Crippen LogP contribution is 2.39. The second-order valence-electron chi connectivity index (χ2n) is 8.64. The van der Waals surface area contributed by atoms with Crippen LogP contribution < -0.4 is 19.9 Å². The molecule has 5 rings (SSSR count). The van der Waals surface area contributed by atoms with Gasteiger partial charge in [0.05, 0.1) is 31.9 Å². The minimum Gasteiger partial charge on any atom is -0.497 e. The Kier molecular flexibility index (Phi) is 5.52. The van der Waals surface area contributed by atoms with E-state index in [1.807, 2.05) is 18.2 Å². The number of piperazine rings is 1. The van der Waals surface area contributed by atoms with Gasteiger partial charge in [-0.25, -0.2) is 0 Å². The van der Waals surface area contributed by atoms with Crippen LogP contribution in [0.4, 0.5) is 11.4 Å². The summed E-state index contributed by atoms with van der Waals surface area (Å²) in [7, 11) is 1.70. The Balaban J connectivity index is 1.43. The molecule has 1 saturated heterocycles. The lowest BCUT2D eigenvalue weighted by Gasteiger charge is -2.49. The molecule has 0 spiro atoms. The summed E-state index contributed by atoms with van der Waals surface area (Å²) in [5.41, 5.74) is 4.85. The summed E-state index contributed by atoms with van der Waals surface area (Å²) in [5.74, 6) is 1.55. The molecule has 0 radical (unpaired) electrons. The fourth-order valence-corrected chi connectivity index (χ4v) is 4.91. The number of furan rings is 1. The number of fused-ring (bicyclic) bond motifs is 3. The lowest BCUT2D eigenvalue weighted by molar-refractivity contribution is -0.126. The van der Waals surface area contributed by atoms with Gasteiger partial charge in [-0.05, 0) is 49.2 Å². The minimum atomic E-state index is -0.140. The first-order chi connectivity index (χ1) is 15.6. The number of hydrogen-bond donors (Lipinski definition) is 1. The lowest BCUT2D eigenvalue weighted by Crippen LogP contribution is -2.61. The molecule has 166 valence electrons. The number of carbonyl (C=O) groups is 1. The maximum Gasteiger partial charge on any atom is 0.225 e. The van der Waals surface area contributed by atoms with E-state index in [0.29, 0.717) is 13.0 Å². The number of ether oxygens (including phenoxy) is 1. The van der Waals surface area contributed by atoms with Crippen molar-refractivity contribution in [1.29, 1.82) is 0 Å². The average Bonchev–Trinajstić information content (AvgIpc) is 3.35. The predicted octanol–water partition coefficient (Wildman–Crippen LogP) is 3.78. The maximum absolute atomic E-state index is 13.3. The van der Waals surface area contributed by atoms with Crippen molar-refractivity contribution in [2.45, 2.75) is 25.9 Å². The molecule has 2 atom stereocenters. The van der Waals surface area contributed by atoms with Gasteiger partial charge in [-0.15, -0.1) is 0 Å². The zero-order valence-electron chi connectivity index (χ0n) is 18.6. The fourth-order valence-electron chi connectivity index (χ4n) is 4.91. The van der Waals surface area contributed by atoms with E-state index in [1.54, 1.807) is 13.4 Å². The van der Waals surface area contributed by atoms with E-state index in [1.165, 1.54) is 22.5 Å². The fraction of sp³-hybridized carbons (Fsp3) is 0.346. The van der Waals surface area contributed by atoms with Gasteiger partial charge in [0.2, 0.25) is 5.91 Å². The van der Waals surface area contributed by atoms with Crippen molar-refractivity contribution in [2.24, 2.45) is 5.92 Å². The molecule has 1 amide bonds. The molecular formula is C26H29N3O3. The van der Waals surface area contributed by atoms with E-state index in [4.69, 9.17) is 9.15 Å². The highest BCUT2D eigenvalue weighted by atomic mass is 16.5. The van der Waals surface area contributed by atoms with Crippen molar-refractivity contribution in [3.05, 3.63) is 77.7 Å². The quantitative estimate of drug-likeness (QED) is 0.666. The molecule has 2 aliphatic rings. The van der Waals surface area contributed by atoms with E-state index >= 15 is 0 Å². The molecule has 3 heterocycles. The highest BCUT2D eigenvalue weighted by molar-refractivity contribution is 5.82. The summed E-state index contributed by atoms with van der Waals surface area (Å²) in [4.78, 5) is 18.2. The van der Waals surface area contributed by atoms with Crippen LogP contribution in [0.2, 0.25) is 0 Å². The van der Waals surface area contributed by atoms with E-state index in [9.17, 15) is 4.79 Å². The van der Waals surface area contributed by atoms with Gasteiger partial charge in [0.1, 0.15) is 11.5 Å². The van der Waals surface area contributed by atoms with Crippen LogP contribution in [0.1, 0.15) is 16.9 Å². The van der Waals surface area contributed by atoms with Crippen molar-refractivity contribution < 1.29 is 13.9 Å². The van der Waals surface area contributed by atoms with Crippen molar-refractivity contribution in [1.82, 2.24) is 5.32 Å². The second-order valence-corrected chi connectivity index (χ2v) is 8.64. The first-order valence-electron chi connectivity index (χ1n) is 11.2. The molecule has 1 N–H and O–H groups in total. The third-order valence-corrected chi connectivity index (χ3v) is 6.68. The number of carbonyl (C=O) groups excluding carboxylic acids is 1. The number of rotatable bonds is 5. The van der Waals surface area contributed by atoms with E-state index < -0.39 is 0 Å². The molecule has 32 heavy (non-hydrogen) atoms. The van der Waals surface area contributed by atoms with Crippen molar-refractivity contribution >= 4 is 17.3 Å². The topological polar surface area (TPSA) is 58.0 Å². The zero-order valence-corrected chi connectivity index (χ0v) is 18.6. The number of hydrogen-bond acceptors (Lipinski definition) is 5. The lowest BCUT2D eigenvalue weighted by atomic mass is 9.83. The van der Waals surface area contributed by atoms with Gasteiger partial charge in [-0.1, -0.05) is 23.8 Å². The van der Waals surface area contributed by atoms with Crippen molar-refractivity contribution in [2.75, 3.05) is 36.5 Å². The van der Waals surface area contributed by atoms with Crippen LogP contribution in [0.25, 0.3) is 0 Å². The third kappa shape index (κ3) is 3.93. The van der Waals surface area contributed by atoms with Crippen LogP contribution >= 0.6 is 0 Å². The van der Waals surface area contributed by atoms with Crippen LogP contribution in [-0.2, 0) is 17.8 Å². The van der Waals surface area contributed by atoms with Gasteiger partial charge in [-0.3, -0.25) is 4.79 Å². The Morgan fingerprint density at radius 3 is 2.75 bits per heavy atom. The molecule has 0 bridgehead atoms. The number of aryl methyl sites for hydroxylation is 1. The Morgan fingerprint density at radius 1 is 1.16 bits per heavy atom. The van der Waals surface area contributed by atoms with E-state index in [-0.39, 0.29) is 17.9 Å². The van der Waals surface area contributed by atoms with Gasteiger partial charge in [0, 0.05) is 37.1 Å². The zero-order chi connectivity index (χ0) is 22.1. The molecule has 6 nitrogen and oxygen atoms in total. The first-order valence-corrected chi connectivity index (χ1v) is 11.2. The van der Waals surface area contributed by atoms with Crippen LogP contribution in [0.15, 0.2) is 65.3 Å². The number of nitrogens with zero attached hydrogens (tertiary/aromatic N) is 2. The molecule has 2 aliphatic heterocycles. The number of anilines is 2. The van der Waals surface area contributed by atoms with Crippen molar-refractivity contribution in [3.8, 4) is 5.75 Å². The molecule has 1 fully saturated rings. The van der Waals surface area contributed by atoms with Crippen LogP contribution in [0.3, 0.4) is 0 Å². The highest BCUT2D eigenvalue weighted by Gasteiger charge is 2.41. The minimum absolute atomic E-state index is 0.0728. The summed E-state index contributed by atoms with van der Waals surface area (Å²) in [6, 6.07) is 18.7. The molecule has 0 saturated carbocycles. The maximum atomic E-state index is 13.3. The SMILES string of the molecule is COc1ccc2c(c1)N1CCN(c3ccc(C)cc3)C[C@H]1[C@H](C(=O)NCc1ccco1)C2. The summed E-state index contributed by atoms with van der Waals surface area (Å²) in [6.45, 7) is 5.09. The summed E-state index contributed by atoms with van der Waals surface area (Å²) in [5, 5.41) is 3.10. The smallest absolute Gasteiger partial charge is 0.225 e. The molecule has 2 aromatic carbocycles. The Morgan fingerprint density at radius 2 is 2.00 bits per heavy atom. The Bertz CT molecular complexity index is 1080. The Labute approximate surface area is 188 Å². The molecule has 6 heteroatoms. The molecule has 0 unspecified atom stereocenters. The summed E-state index contributed by atoms with van der Waals surface area (Å²) in [6.07, 6.45) is 2.35. The molecular weight excluding hydrogens is 402 g/mol. The van der Waals surface area contributed by atoms with E-state index in [2.05, 4.69) is 58.4 Å². The monoisotopic (exact) mass is 431 g/mol. The Hall–Kier alpha value is -3.41. The van der Waals surface area contributed by atoms with Crippen LogP contribution in [-0.4, -0.2) is 38.7 Å². The second kappa shape index (κ2) is 8.61. The molecule has 1 aromatic heterocycles. The number of nitrogens with one attached hydrogen (secondary N) is 1. The van der Waals surface area contributed by atoms with Gasteiger partial charge >= 0.3 is 0 Å². The van der Waals surface area contributed by atoms with Gasteiger partial charge in [-0.2, -0.15) is 0 Å². The van der Waals surface area contributed by atoms with Crippen LogP contribution in [0.5, 0.6) is 5.75 Å². The largest absolute Gasteiger partial charge is 0.497 e. The first kappa shape index (κ1) is 20.5.